The fourth-order valence-electron chi connectivity index (χ4n) is 2.35. The van der Waals surface area contributed by atoms with Gasteiger partial charge in [-0.3, -0.25) is 9.97 Å². The van der Waals surface area contributed by atoms with Gasteiger partial charge in [0.05, 0.1) is 0 Å². The maximum Gasteiger partial charge on any atom is 0.0400 e. The summed E-state index contributed by atoms with van der Waals surface area (Å²) in [5.74, 6) is 1.31. The Bertz CT molecular complexity index is 694. The largest absolute Gasteiger partial charge is 0.264 e. The first-order valence-electron chi connectivity index (χ1n) is 9.93. The first-order chi connectivity index (χ1) is 13.1. The molecule has 0 N–H and O–H groups in total. The summed E-state index contributed by atoms with van der Waals surface area (Å²) in [5, 5.41) is 0. The highest BCUT2D eigenvalue weighted by Gasteiger charge is 1.99. The van der Waals surface area contributed by atoms with E-state index in [0.29, 0.717) is 11.8 Å². The van der Waals surface area contributed by atoms with Crippen molar-refractivity contribution in [3.05, 3.63) is 96.1 Å². The van der Waals surface area contributed by atoms with Gasteiger partial charge < -0.3 is 0 Å². The molecule has 0 amide bonds. The van der Waals surface area contributed by atoms with Gasteiger partial charge in [-0.1, -0.05) is 77.1 Å². The molecule has 0 radical (unpaired) electrons. The van der Waals surface area contributed by atoms with Crippen molar-refractivity contribution in [3.63, 3.8) is 0 Å². The molecule has 0 saturated heterocycles. The number of aromatic nitrogens is 2. The van der Waals surface area contributed by atoms with Gasteiger partial charge in [-0.2, -0.15) is 0 Å². The Hall–Kier alpha value is -2.48. The van der Waals surface area contributed by atoms with E-state index in [4.69, 9.17) is 0 Å². The van der Waals surface area contributed by atoms with E-state index in [0.717, 1.165) is 12.1 Å². The summed E-state index contributed by atoms with van der Waals surface area (Å²) in [6.45, 7) is 10.9. The van der Waals surface area contributed by atoms with Crippen molar-refractivity contribution in [1.29, 1.82) is 0 Å². The van der Waals surface area contributed by atoms with Crippen molar-refractivity contribution in [2.24, 2.45) is 0 Å². The minimum absolute atomic E-state index is 0.647. The summed E-state index contributed by atoms with van der Waals surface area (Å²) >= 11 is 0. The lowest BCUT2D eigenvalue weighted by molar-refractivity contribution is 0.729. The van der Waals surface area contributed by atoms with Gasteiger partial charge >= 0.3 is 0 Å². The summed E-state index contributed by atoms with van der Waals surface area (Å²) in [4.78, 5) is 8.15. The fraction of sp³-hybridized carbons (Fsp3) is 0.360. The van der Waals surface area contributed by atoms with Gasteiger partial charge in [0.15, 0.2) is 0 Å². The fourth-order valence-corrected chi connectivity index (χ4v) is 2.35. The molecule has 2 nitrogen and oxygen atoms in total. The molecule has 0 bridgehead atoms. The van der Waals surface area contributed by atoms with Crippen molar-refractivity contribution in [3.8, 4) is 0 Å². The molecule has 1 aromatic carbocycles. The van der Waals surface area contributed by atoms with E-state index in [1.165, 1.54) is 17.5 Å². The summed E-state index contributed by atoms with van der Waals surface area (Å²) in [5.41, 5.74) is 3.91. The Labute approximate surface area is 165 Å². The van der Waals surface area contributed by atoms with Crippen LogP contribution in [0.3, 0.4) is 0 Å². The molecule has 0 fully saturated rings. The highest BCUT2D eigenvalue weighted by Crippen LogP contribution is 2.15. The van der Waals surface area contributed by atoms with Gasteiger partial charge in [-0.15, -0.1) is 0 Å². The Balaban J connectivity index is 0.000000204. The molecule has 0 spiro atoms. The van der Waals surface area contributed by atoms with Crippen molar-refractivity contribution < 1.29 is 0 Å². The second-order valence-corrected chi connectivity index (χ2v) is 6.84. The number of aryl methyl sites for hydroxylation is 1. The highest BCUT2D eigenvalue weighted by atomic mass is 14.7. The third-order valence-corrected chi connectivity index (χ3v) is 4.42. The van der Waals surface area contributed by atoms with E-state index in [1.807, 2.05) is 48.9 Å². The molecule has 144 valence electrons. The van der Waals surface area contributed by atoms with E-state index in [-0.39, 0.29) is 0 Å². The SMILES string of the molecule is CC(C)c1ccccc1.CCC(C)c1cccnc1.CCc1ccccn1. The van der Waals surface area contributed by atoms with Crippen molar-refractivity contribution in [2.45, 2.75) is 59.3 Å². The third-order valence-electron chi connectivity index (χ3n) is 4.42. The monoisotopic (exact) mass is 362 g/mol. The third kappa shape index (κ3) is 9.69. The van der Waals surface area contributed by atoms with Gasteiger partial charge in [-0.05, 0) is 54.0 Å². The van der Waals surface area contributed by atoms with Crippen LogP contribution < -0.4 is 0 Å². The van der Waals surface area contributed by atoms with Crippen molar-refractivity contribution in [2.75, 3.05) is 0 Å². The van der Waals surface area contributed by atoms with Crippen LogP contribution in [0.25, 0.3) is 0 Å². The predicted octanol–water partition coefficient (Wildman–Crippen LogP) is 7.05. The molecule has 0 saturated carbocycles. The molecule has 27 heavy (non-hydrogen) atoms. The Kier molecular flexibility index (Phi) is 11.4. The van der Waals surface area contributed by atoms with E-state index in [9.17, 15) is 0 Å². The second kappa shape index (κ2) is 13.7. The zero-order valence-corrected chi connectivity index (χ0v) is 17.5. The van der Waals surface area contributed by atoms with Gasteiger partial charge in [0.1, 0.15) is 0 Å². The summed E-state index contributed by atoms with van der Waals surface area (Å²) < 4.78 is 0. The first kappa shape index (κ1) is 22.6. The van der Waals surface area contributed by atoms with Crippen LogP contribution in [0.1, 0.15) is 69.7 Å². The molecule has 3 aromatic rings. The number of benzene rings is 1. The minimum Gasteiger partial charge on any atom is -0.264 e. The standard InChI is InChI=1S/C9H13N.C9H12.C7H9N/c1-3-8(2)9-5-4-6-10-7-9;1-8(2)9-6-4-3-5-7-9;1-2-7-5-3-4-6-8-7/h4-8H,3H2,1-2H3;3-8H,1-2H3;3-6H,2H2,1H3. The molecule has 0 aliphatic heterocycles. The summed E-state index contributed by atoms with van der Waals surface area (Å²) in [6.07, 6.45) is 7.78. The normalized spacial score (nSPS) is 10.9. The molecule has 0 aliphatic rings. The van der Waals surface area contributed by atoms with E-state index in [1.54, 1.807) is 0 Å². The number of nitrogens with zero attached hydrogens (tertiary/aromatic N) is 2. The maximum absolute atomic E-state index is 4.10. The average molecular weight is 363 g/mol. The Morgan fingerprint density at radius 2 is 1.41 bits per heavy atom. The molecule has 0 aliphatic carbocycles. The van der Waals surface area contributed by atoms with Gasteiger partial charge in [-0.25, -0.2) is 0 Å². The zero-order chi connectivity index (χ0) is 19.9. The highest BCUT2D eigenvalue weighted by molar-refractivity contribution is 5.17. The van der Waals surface area contributed by atoms with Crippen LogP contribution in [0, 0.1) is 0 Å². The minimum atomic E-state index is 0.647. The Morgan fingerprint density at radius 1 is 0.741 bits per heavy atom. The number of hydrogen-bond donors (Lipinski definition) is 0. The van der Waals surface area contributed by atoms with Crippen LogP contribution in [-0.2, 0) is 6.42 Å². The molecule has 1 atom stereocenters. The van der Waals surface area contributed by atoms with Crippen LogP contribution >= 0.6 is 0 Å². The van der Waals surface area contributed by atoms with Gasteiger partial charge in [0, 0.05) is 24.3 Å². The van der Waals surface area contributed by atoms with Crippen LogP contribution in [0.5, 0.6) is 0 Å². The second-order valence-electron chi connectivity index (χ2n) is 6.84. The van der Waals surface area contributed by atoms with E-state index >= 15 is 0 Å². The lowest BCUT2D eigenvalue weighted by Crippen LogP contribution is -1.90. The van der Waals surface area contributed by atoms with Gasteiger partial charge in [0.25, 0.3) is 0 Å². The quantitative estimate of drug-likeness (QED) is 0.497. The molecule has 3 rings (SSSR count). The molecular weight excluding hydrogens is 328 g/mol. The predicted molar refractivity (Wildman–Crippen MR) is 117 cm³/mol. The number of rotatable bonds is 4. The van der Waals surface area contributed by atoms with Crippen LogP contribution in [0.2, 0.25) is 0 Å². The number of pyridine rings is 2. The summed E-state index contributed by atoms with van der Waals surface area (Å²) in [7, 11) is 0. The van der Waals surface area contributed by atoms with Crippen LogP contribution in [0.4, 0.5) is 0 Å². The zero-order valence-electron chi connectivity index (χ0n) is 17.5. The molecule has 2 aromatic heterocycles. The van der Waals surface area contributed by atoms with E-state index < -0.39 is 0 Å². The molecule has 2 heterocycles. The van der Waals surface area contributed by atoms with Crippen LogP contribution in [0.15, 0.2) is 79.3 Å². The van der Waals surface area contributed by atoms with Crippen LogP contribution in [-0.4, -0.2) is 9.97 Å². The molecule has 2 heteroatoms. The molecular formula is C25H34N2. The van der Waals surface area contributed by atoms with Gasteiger partial charge in [0.2, 0.25) is 0 Å². The Morgan fingerprint density at radius 3 is 1.81 bits per heavy atom. The average Bonchev–Trinajstić information content (AvgIpc) is 2.76. The smallest absolute Gasteiger partial charge is 0.0400 e. The maximum atomic E-state index is 4.10. The van der Waals surface area contributed by atoms with E-state index in [2.05, 4.69) is 74.9 Å². The molecule has 1 unspecified atom stereocenters. The lowest BCUT2D eigenvalue weighted by Gasteiger charge is -2.05. The number of hydrogen-bond acceptors (Lipinski definition) is 2. The topological polar surface area (TPSA) is 25.8 Å². The summed E-state index contributed by atoms with van der Waals surface area (Å²) in [6, 6.07) is 20.6. The lowest BCUT2D eigenvalue weighted by atomic mass is 10.0. The first-order valence-corrected chi connectivity index (χ1v) is 9.93. The van der Waals surface area contributed by atoms with Crippen molar-refractivity contribution in [1.82, 2.24) is 9.97 Å². The van der Waals surface area contributed by atoms with Crippen molar-refractivity contribution >= 4 is 0 Å².